The van der Waals surface area contributed by atoms with Gasteiger partial charge < -0.3 is 10.2 Å². The molecule has 2 N–H and O–H groups in total. The van der Waals surface area contributed by atoms with Crippen molar-refractivity contribution in [3.63, 3.8) is 0 Å². The largest absolute Gasteiger partial charge is 0.448 e. The van der Waals surface area contributed by atoms with Crippen LogP contribution in [0.15, 0.2) is 10.7 Å². The van der Waals surface area contributed by atoms with Crippen LogP contribution in [0.5, 0.6) is 0 Å². The Bertz CT molecular complexity index is 260. The van der Waals surface area contributed by atoms with Crippen molar-refractivity contribution < 1.29 is 4.42 Å². The summed E-state index contributed by atoms with van der Waals surface area (Å²) in [5.74, 6) is 1.39. The Morgan fingerprint density at radius 1 is 1.62 bits per heavy atom. The van der Waals surface area contributed by atoms with E-state index in [1.807, 2.05) is 13.8 Å². The van der Waals surface area contributed by atoms with Crippen LogP contribution < -0.4 is 5.73 Å². The monoisotopic (exact) mass is 202 g/mol. The van der Waals surface area contributed by atoms with Gasteiger partial charge in [0.25, 0.3) is 0 Å². The molecule has 0 saturated heterocycles. The fourth-order valence-electron chi connectivity index (χ4n) is 1.27. The normalized spacial score (nSPS) is 15.7. The van der Waals surface area contributed by atoms with Crippen LogP contribution in [0.4, 0.5) is 0 Å². The molecular formula is C9H15ClN2O. The van der Waals surface area contributed by atoms with E-state index in [1.165, 1.54) is 0 Å². The third-order valence-corrected chi connectivity index (χ3v) is 2.13. The average Bonchev–Trinajstić information content (AvgIpc) is 2.50. The highest BCUT2D eigenvalue weighted by Gasteiger charge is 2.13. The van der Waals surface area contributed by atoms with E-state index in [4.69, 9.17) is 21.8 Å². The SMILES string of the molecule is C[C@@H](N)C[C@H](C)c1nc(CCl)co1. The molecule has 0 aromatic carbocycles. The Morgan fingerprint density at radius 3 is 2.77 bits per heavy atom. The van der Waals surface area contributed by atoms with Gasteiger partial charge in [0.1, 0.15) is 6.26 Å². The number of aromatic nitrogens is 1. The molecule has 1 aromatic rings. The zero-order valence-electron chi connectivity index (χ0n) is 7.96. The Hall–Kier alpha value is -0.540. The fraction of sp³-hybridized carbons (Fsp3) is 0.667. The number of hydrogen-bond donors (Lipinski definition) is 1. The summed E-state index contributed by atoms with van der Waals surface area (Å²) in [6, 6.07) is 0.168. The lowest BCUT2D eigenvalue weighted by Crippen LogP contribution is -2.17. The second kappa shape index (κ2) is 4.63. The van der Waals surface area contributed by atoms with E-state index in [9.17, 15) is 0 Å². The summed E-state index contributed by atoms with van der Waals surface area (Å²) in [6.07, 6.45) is 2.47. The first-order valence-corrected chi connectivity index (χ1v) is 4.92. The molecule has 1 rings (SSSR count). The summed E-state index contributed by atoms with van der Waals surface area (Å²) in [5.41, 5.74) is 6.46. The Balaban J connectivity index is 2.60. The van der Waals surface area contributed by atoms with Gasteiger partial charge in [-0.1, -0.05) is 6.92 Å². The second-order valence-electron chi connectivity index (χ2n) is 3.42. The molecule has 0 aliphatic heterocycles. The van der Waals surface area contributed by atoms with Gasteiger partial charge in [-0.3, -0.25) is 0 Å². The molecule has 13 heavy (non-hydrogen) atoms. The van der Waals surface area contributed by atoms with Crippen molar-refractivity contribution in [2.75, 3.05) is 0 Å². The molecule has 3 nitrogen and oxygen atoms in total. The smallest absolute Gasteiger partial charge is 0.197 e. The highest BCUT2D eigenvalue weighted by atomic mass is 35.5. The molecule has 0 fully saturated rings. The quantitative estimate of drug-likeness (QED) is 0.762. The minimum Gasteiger partial charge on any atom is -0.448 e. The summed E-state index contributed by atoms with van der Waals surface area (Å²) >= 11 is 5.60. The van der Waals surface area contributed by atoms with Gasteiger partial charge in [-0.2, -0.15) is 0 Å². The zero-order chi connectivity index (χ0) is 9.84. The van der Waals surface area contributed by atoms with E-state index >= 15 is 0 Å². The van der Waals surface area contributed by atoms with Gasteiger partial charge in [0.15, 0.2) is 5.89 Å². The Kier molecular flexibility index (Phi) is 3.75. The van der Waals surface area contributed by atoms with E-state index in [0.29, 0.717) is 5.88 Å². The fourth-order valence-corrected chi connectivity index (χ4v) is 1.39. The van der Waals surface area contributed by atoms with Crippen LogP contribution in [-0.4, -0.2) is 11.0 Å². The number of halogens is 1. The third kappa shape index (κ3) is 3.01. The van der Waals surface area contributed by atoms with Crippen molar-refractivity contribution in [2.45, 2.75) is 38.1 Å². The molecule has 0 aliphatic carbocycles. The zero-order valence-corrected chi connectivity index (χ0v) is 8.71. The minimum absolute atomic E-state index is 0.168. The molecule has 0 amide bonds. The molecule has 0 unspecified atom stereocenters. The van der Waals surface area contributed by atoms with Gasteiger partial charge in [-0.15, -0.1) is 11.6 Å². The predicted molar refractivity (Wildman–Crippen MR) is 52.7 cm³/mol. The lowest BCUT2D eigenvalue weighted by Gasteiger charge is -2.09. The number of oxazole rings is 1. The molecule has 0 bridgehead atoms. The molecule has 0 spiro atoms. The van der Waals surface area contributed by atoms with Crippen LogP contribution in [0, 0.1) is 0 Å². The molecule has 4 heteroatoms. The molecule has 74 valence electrons. The molecular weight excluding hydrogens is 188 g/mol. The third-order valence-electron chi connectivity index (χ3n) is 1.85. The summed E-state index contributed by atoms with van der Waals surface area (Å²) in [5, 5.41) is 0. The standard InChI is InChI=1S/C9H15ClN2O/c1-6(3-7(2)11)9-12-8(4-10)5-13-9/h5-7H,3-4,11H2,1-2H3/t6-,7+/m0/s1. The van der Waals surface area contributed by atoms with E-state index in [-0.39, 0.29) is 12.0 Å². The van der Waals surface area contributed by atoms with Gasteiger partial charge >= 0.3 is 0 Å². The number of nitrogens with two attached hydrogens (primary N) is 1. The molecule has 1 aromatic heterocycles. The lowest BCUT2D eigenvalue weighted by atomic mass is 10.0. The first-order valence-electron chi connectivity index (χ1n) is 4.39. The van der Waals surface area contributed by atoms with Crippen LogP contribution in [0.1, 0.15) is 37.8 Å². The van der Waals surface area contributed by atoms with Crippen molar-refractivity contribution in [2.24, 2.45) is 5.73 Å². The number of rotatable bonds is 4. The average molecular weight is 203 g/mol. The van der Waals surface area contributed by atoms with Crippen LogP contribution in [0.2, 0.25) is 0 Å². The van der Waals surface area contributed by atoms with Crippen LogP contribution in [0.25, 0.3) is 0 Å². The van der Waals surface area contributed by atoms with E-state index in [1.54, 1.807) is 6.26 Å². The first-order chi connectivity index (χ1) is 6.13. The van der Waals surface area contributed by atoms with Crippen LogP contribution in [0.3, 0.4) is 0 Å². The topological polar surface area (TPSA) is 52.0 Å². The number of hydrogen-bond acceptors (Lipinski definition) is 3. The second-order valence-corrected chi connectivity index (χ2v) is 3.69. The van der Waals surface area contributed by atoms with Crippen molar-refractivity contribution in [1.29, 1.82) is 0 Å². The van der Waals surface area contributed by atoms with Crippen LogP contribution >= 0.6 is 11.6 Å². The minimum atomic E-state index is 0.168. The van der Waals surface area contributed by atoms with Crippen molar-refractivity contribution >= 4 is 11.6 Å². The van der Waals surface area contributed by atoms with Crippen molar-refractivity contribution in [3.05, 3.63) is 17.8 Å². The number of alkyl halides is 1. The lowest BCUT2D eigenvalue weighted by molar-refractivity contribution is 0.431. The van der Waals surface area contributed by atoms with Crippen molar-refractivity contribution in [1.82, 2.24) is 4.98 Å². The van der Waals surface area contributed by atoms with E-state index in [2.05, 4.69) is 4.98 Å². The van der Waals surface area contributed by atoms with E-state index < -0.39 is 0 Å². The van der Waals surface area contributed by atoms with Gasteiger partial charge in [-0.25, -0.2) is 4.98 Å². The van der Waals surface area contributed by atoms with Crippen LogP contribution in [-0.2, 0) is 5.88 Å². The Morgan fingerprint density at radius 2 is 2.31 bits per heavy atom. The Labute approximate surface area is 83.3 Å². The summed E-state index contributed by atoms with van der Waals surface area (Å²) < 4.78 is 5.27. The maximum Gasteiger partial charge on any atom is 0.197 e. The van der Waals surface area contributed by atoms with Gasteiger partial charge in [0.2, 0.25) is 0 Å². The highest BCUT2D eigenvalue weighted by Crippen LogP contribution is 2.19. The summed E-state index contributed by atoms with van der Waals surface area (Å²) in [4.78, 5) is 4.23. The molecule has 0 saturated carbocycles. The van der Waals surface area contributed by atoms with Gasteiger partial charge in [-0.05, 0) is 13.3 Å². The highest BCUT2D eigenvalue weighted by molar-refractivity contribution is 6.16. The maximum absolute atomic E-state index is 5.67. The van der Waals surface area contributed by atoms with E-state index in [0.717, 1.165) is 18.0 Å². The number of nitrogens with zero attached hydrogens (tertiary/aromatic N) is 1. The summed E-state index contributed by atoms with van der Waals surface area (Å²) in [7, 11) is 0. The predicted octanol–water partition coefficient (Wildman–Crippen LogP) is 2.25. The maximum atomic E-state index is 5.67. The van der Waals surface area contributed by atoms with Gasteiger partial charge in [0.05, 0.1) is 11.6 Å². The first kappa shape index (κ1) is 10.5. The van der Waals surface area contributed by atoms with Gasteiger partial charge in [0, 0.05) is 12.0 Å². The molecule has 0 radical (unpaired) electrons. The molecule has 0 aliphatic rings. The molecule has 2 atom stereocenters. The van der Waals surface area contributed by atoms with Crippen molar-refractivity contribution in [3.8, 4) is 0 Å². The summed E-state index contributed by atoms with van der Waals surface area (Å²) in [6.45, 7) is 4.02. The molecule has 1 heterocycles.